The van der Waals surface area contributed by atoms with E-state index in [0.717, 1.165) is 15.7 Å². The van der Waals surface area contributed by atoms with Gasteiger partial charge in [-0.05, 0) is 40.7 Å². The highest BCUT2D eigenvalue weighted by Crippen LogP contribution is 2.34. The lowest BCUT2D eigenvalue weighted by Crippen LogP contribution is -2.34. The maximum atomic E-state index is 12.9. The van der Waals surface area contributed by atoms with E-state index in [9.17, 15) is 19.2 Å². The maximum absolute atomic E-state index is 12.9. The van der Waals surface area contributed by atoms with Gasteiger partial charge in [-0.25, -0.2) is 4.79 Å². The zero-order valence-electron chi connectivity index (χ0n) is 16.9. The van der Waals surface area contributed by atoms with Crippen LogP contribution >= 0.6 is 11.8 Å². The van der Waals surface area contributed by atoms with Crippen molar-refractivity contribution >= 4 is 51.7 Å². The van der Waals surface area contributed by atoms with Gasteiger partial charge >= 0.3 is 11.9 Å². The van der Waals surface area contributed by atoms with E-state index in [4.69, 9.17) is 4.74 Å². The number of nitrogens with zero attached hydrogens (tertiary/aromatic N) is 1. The Morgan fingerprint density at radius 2 is 1.69 bits per heavy atom. The molecular weight excluding hydrogens is 430 g/mol. The van der Waals surface area contributed by atoms with Crippen molar-refractivity contribution in [2.75, 3.05) is 13.7 Å². The fourth-order valence-electron chi connectivity index (χ4n) is 3.22. The highest BCUT2D eigenvalue weighted by atomic mass is 32.2. The lowest BCUT2D eigenvalue weighted by Gasteiger charge is -2.10. The second kappa shape index (κ2) is 9.07. The summed E-state index contributed by atoms with van der Waals surface area (Å²) < 4.78 is 10.2. The number of para-hydroxylation sites is 1. The first kappa shape index (κ1) is 21.3. The largest absolute Gasteiger partial charge is 0.468 e. The fourth-order valence-corrected chi connectivity index (χ4v) is 4.05. The fraction of sp³-hybridized carbons (Fsp3) is 0.0833. The van der Waals surface area contributed by atoms with Gasteiger partial charge < -0.3 is 9.47 Å². The van der Waals surface area contributed by atoms with E-state index in [2.05, 4.69) is 4.74 Å². The molecule has 4 rings (SSSR count). The van der Waals surface area contributed by atoms with E-state index < -0.39 is 29.6 Å². The second-order valence-corrected chi connectivity index (χ2v) is 7.79. The Morgan fingerprint density at radius 1 is 0.969 bits per heavy atom. The third kappa shape index (κ3) is 4.26. The first-order valence-corrected chi connectivity index (χ1v) is 10.4. The average molecular weight is 447 g/mol. The van der Waals surface area contributed by atoms with E-state index in [0.29, 0.717) is 22.9 Å². The molecule has 3 aromatic rings. The summed E-state index contributed by atoms with van der Waals surface area (Å²) in [6.07, 6.45) is 1.47. The summed E-state index contributed by atoms with van der Waals surface area (Å²) in [6, 6.07) is 19.6. The molecule has 0 bridgehead atoms. The number of thioether (sulfide) groups is 1. The topological polar surface area (TPSA) is 90.0 Å². The Bertz CT molecular complexity index is 1280. The number of rotatable bonds is 5. The van der Waals surface area contributed by atoms with Crippen LogP contribution in [0.3, 0.4) is 0 Å². The molecule has 1 aliphatic rings. The SMILES string of the molecule is COC(=O)CN1C(=O)S/C(=C\c2ccccc2OC(=O)c2cccc3ccccc23)C1=O. The zero-order valence-corrected chi connectivity index (χ0v) is 17.8. The summed E-state index contributed by atoms with van der Waals surface area (Å²) >= 11 is 0.705. The molecule has 160 valence electrons. The molecule has 32 heavy (non-hydrogen) atoms. The summed E-state index contributed by atoms with van der Waals surface area (Å²) in [6.45, 7) is -0.462. The number of hydrogen-bond donors (Lipinski definition) is 0. The summed E-state index contributed by atoms with van der Waals surface area (Å²) in [5.41, 5.74) is 0.862. The molecule has 0 N–H and O–H groups in total. The van der Waals surface area contributed by atoms with Gasteiger partial charge in [-0.3, -0.25) is 19.3 Å². The van der Waals surface area contributed by atoms with Crippen molar-refractivity contribution in [3.63, 3.8) is 0 Å². The van der Waals surface area contributed by atoms with Crippen LogP contribution in [0.2, 0.25) is 0 Å². The summed E-state index contributed by atoms with van der Waals surface area (Å²) in [5, 5.41) is 1.10. The van der Waals surface area contributed by atoms with Crippen LogP contribution in [0.5, 0.6) is 5.75 Å². The van der Waals surface area contributed by atoms with Crippen LogP contribution in [-0.4, -0.2) is 41.6 Å². The molecular formula is C24H17NO6S. The van der Waals surface area contributed by atoms with Crippen molar-refractivity contribution in [2.24, 2.45) is 0 Å². The predicted molar refractivity (Wildman–Crippen MR) is 120 cm³/mol. The van der Waals surface area contributed by atoms with E-state index in [1.54, 1.807) is 36.4 Å². The van der Waals surface area contributed by atoms with Gasteiger partial charge in [0.2, 0.25) is 0 Å². The molecule has 8 heteroatoms. The minimum Gasteiger partial charge on any atom is -0.468 e. The number of fused-ring (bicyclic) bond motifs is 1. The molecule has 1 saturated heterocycles. The molecule has 1 heterocycles. The van der Waals surface area contributed by atoms with Crippen molar-refractivity contribution in [1.82, 2.24) is 4.90 Å². The highest BCUT2D eigenvalue weighted by molar-refractivity contribution is 8.18. The minimum atomic E-state index is -0.696. The number of methoxy groups -OCH3 is 1. The van der Waals surface area contributed by atoms with Crippen LogP contribution in [0.15, 0.2) is 71.6 Å². The van der Waals surface area contributed by atoms with Crippen LogP contribution in [0.25, 0.3) is 16.8 Å². The van der Waals surface area contributed by atoms with Gasteiger partial charge in [0.25, 0.3) is 11.1 Å². The number of carbonyl (C=O) groups excluding carboxylic acids is 4. The highest BCUT2D eigenvalue weighted by Gasteiger charge is 2.36. The summed E-state index contributed by atoms with van der Waals surface area (Å²) in [4.78, 5) is 50.0. The van der Waals surface area contributed by atoms with E-state index in [1.807, 2.05) is 30.3 Å². The first-order chi connectivity index (χ1) is 15.5. The Labute approximate surface area is 187 Å². The molecule has 7 nitrogen and oxygen atoms in total. The minimum absolute atomic E-state index is 0.118. The molecule has 0 spiro atoms. The number of imide groups is 1. The van der Waals surface area contributed by atoms with Crippen LogP contribution in [-0.2, 0) is 14.3 Å². The van der Waals surface area contributed by atoms with Gasteiger partial charge in [0.1, 0.15) is 12.3 Å². The average Bonchev–Trinajstić information content (AvgIpc) is 3.07. The Hall–Kier alpha value is -3.91. The van der Waals surface area contributed by atoms with Gasteiger partial charge in [0.05, 0.1) is 17.6 Å². The van der Waals surface area contributed by atoms with Crippen molar-refractivity contribution < 1.29 is 28.7 Å². The Kier molecular flexibility index (Phi) is 6.04. The molecule has 1 fully saturated rings. The second-order valence-electron chi connectivity index (χ2n) is 6.80. The quantitative estimate of drug-likeness (QED) is 0.328. The number of benzene rings is 3. The Balaban J connectivity index is 1.61. The molecule has 0 radical (unpaired) electrons. The van der Waals surface area contributed by atoms with Gasteiger partial charge in [-0.2, -0.15) is 0 Å². The molecule has 0 aliphatic carbocycles. The monoisotopic (exact) mass is 447 g/mol. The first-order valence-electron chi connectivity index (χ1n) is 9.59. The van der Waals surface area contributed by atoms with E-state index in [-0.39, 0.29) is 10.7 Å². The molecule has 0 atom stereocenters. The number of carbonyl (C=O) groups is 4. The molecule has 3 aromatic carbocycles. The van der Waals surface area contributed by atoms with Gasteiger partial charge in [-0.1, -0.05) is 54.6 Å². The molecule has 1 aliphatic heterocycles. The van der Waals surface area contributed by atoms with Crippen LogP contribution in [0, 0.1) is 0 Å². The van der Waals surface area contributed by atoms with Crippen LogP contribution < -0.4 is 4.74 Å². The van der Waals surface area contributed by atoms with Crippen molar-refractivity contribution in [3.8, 4) is 5.75 Å². The number of hydrogen-bond acceptors (Lipinski definition) is 7. The molecule has 0 aromatic heterocycles. The summed E-state index contributed by atoms with van der Waals surface area (Å²) in [7, 11) is 1.18. The standard InChI is InChI=1S/C24H17NO6S/c1-30-21(26)14-25-22(27)20(32-24(25)29)13-16-8-3-5-12-19(16)31-23(28)18-11-6-9-15-7-2-4-10-17(15)18/h2-13H,14H2,1H3/b20-13-. The third-order valence-electron chi connectivity index (χ3n) is 4.81. The lowest BCUT2D eigenvalue weighted by atomic mass is 10.0. The molecule has 2 amide bonds. The van der Waals surface area contributed by atoms with E-state index >= 15 is 0 Å². The van der Waals surface area contributed by atoms with Gasteiger partial charge in [-0.15, -0.1) is 0 Å². The van der Waals surface area contributed by atoms with Crippen molar-refractivity contribution in [2.45, 2.75) is 0 Å². The van der Waals surface area contributed by atoms with E-state index in [1.165, 1.54) is 13.2 Å². The zero-order chi connectivity index (χ0) is 22.7. The number of amides is 2. The maximum Gasteiger partial charge on any atom is 0.344 e. The van der Waals surface area contributed by atoms with Crippen molar-refractivity contribution in [1.29, 1.82) is 0 Å². The number of esters is 2. The Morgan fingerprint density at radius 3 is 2.50 bits per heavy atom. The predicted octanol–water partition coefficient (Wildman–Crippen LogP) is 4.27. The third-order valence-corrected chi connectivity index (χ3v) is 5.71. The lowest BCUT2D eigenvalue weighted by molar-refractivity contribution is -0.143. The van der Waals surface area contributed by atoms with Gasteiger partial charge in [0, 0.05) is 5.56 Å². The normalized spacial score (nSPS) is 14.8. The smallest absolute Gasteiger partial charge is 0.344 e. The van der Waals surface area contributed by atoms with Crippen LogP contribution in [0.1, 0.15) is 15.9 Å². The number of ether oxygens (including phenoxy) is 2. The van der Waals surface area contributed by atoms with Gasteiger partial charge in [0.15, 0.2) is 0 Å². The molecule has 0 saturated carbocycles. The van der Waals surface area contributed by atoms with Crippen molar-refractivity contribution in [3.05, 3.63) is 82.8 Å². The molecule has 0 unspecified atom stereocenters. The van der Waals surface area contributed by atoms with Crippen LogP contribution in [0.4, 0.5) is 4.79 Å². The summed E-state index contributed by atoms with van der Waals surface area (Å²) in [5.74, 6) is -1.61.